The molecule has 1 aromatic rings. The van der Waals surface area contributed by atoms with E-state index in [0.29, 0.717) is 34.8 Å². The summed E-state index contributed by atoms with van der Waals surface area (Å²) in [5.74, 6) is 1.30. The highest BCUT2D eigenvalue weighted by molar-refractivity contribution is 6.32. The van der Waals surface area contributed by atoms with Crippen molar-refractivity contribution in [3.63, 3.8) is 0 Å². The topological polar surface area (TPSA) is 29.5 Å². The fourth-order valence-corrected chi connectivity index (χ4v) is 2.62. The van der Waals surface area contributed by atoms with Crippen LogP contribution >= 0.6 is 11.6 Å². The van der Waals surface area contributed by atoms with Crippen molar-refractivity contribution in [2.75, 3.05) is 20.2 Å². The number of hydrogen-bond acceptors (Lipinski definition) is 3. The Labute approximate surface area is 125 Å². The summed E-state index contributed by atoms with van der Waals surface area (Å²) in [4.78, 5) is 14.7. The van der Waals surface area contributed by atoms with Crippen molar-refractivity contribution in [3.05, 3.63) is 28.8 Å². The first kappa shape index (κ1) is 15.3. The molecule has 0 aliphatic heterocycles. The minimum atomic E-state index is 0.127. The number of Topliss-reactive ketones (excluding diaryl/α,β-unsaturated/α-hetero) is 1. The van der Waals surface area contributed by atoms with Crippen LogP contribution in [0.4, 0.5) is 0 Å². The van der Waals surface area contributed by atoms with Crippen LogP contribution in [0, 0.1) is 5.92 Å². The molecule has 3 nitrogen and oxygen atoms in total. The summed E-state index contributed by atoms with van der Waals surface area (Å²) < 4.78 is 5.11. The van der Waals surface area contributed by atoms with Crippen LogP contribution in [-0.4, -0.2) is 36.9 Å². The first-order chi connectivity index (χ1) is 9.51. The Hall–Kier alpha value is -1.06. The molecule has 2 rings (SSSR count). The van der Waals surface area contributed by atoms with E-state index >= 15 is 0 Å². The lowest BCUT2D eigenvalue weighted by molar-refractivity contribution is 0.0915. The van der Waals surface area contributed by atoms with Gasteiger partial charge in [0.2, 0.25) is 0 Å². The summed E-state index contributed by atoms with van der Waals surface area (Å²) >= 11 is 6.08. The van der Waals surface area contributed by atoms with Crippen LogP contribution in [0.5, 0.6) is 5.75 Å². The van der Waals surface area contributed by atoms with Gasteiger partial charge in [0.25, 0.3) is 0 Å². The number of ether oxygens (including phenoxy) is 1. The van der Waals surface area contributed by atoms with Crippen molar-refractivity contribution in [3.8, 4) is 5.75 Å². The van der Waals surface area contributed by atoms with Crippen LogP contribution in [0.25, 0.3) is 0 Å². The third-order valence-corrected chi connectivity index (χ3v) is 3.78. The van der Waals surface area contributed by atoms with Gasteiger partial charge in [-0.05, 0) is 37.0 Å². The van der Waals surface area contributed by atoms with Gasteiger partial charge in [-0.2, -0.15) is 0 Å². The Balaban J connectivity index is 2.04. The Kier molecular flexibility index (Phi) is 5.06. The normalized spacial score (nSPS) is 14.9. The lowest BCUT2D eigenvalue weighted by Crippen LogP contribution is -2.34. The summed E-state index contributed by atoms with van der Waals surface area (Å²) in [6.45, 7) is 5.82. The van der Waals surface area contributed by atoms with Gasteiger partial charge in [-0.15, -0.1) is 0 Å². The maximum absolute atomic E-state index is 12.4. The number of halogens is 1. The number of rotatable bonds is 7. The fourth-order valence-electron chi connectivity index (χ4n) is 2.37. The Morgan fingerprint density at radius 2 is 2.15 bits per heavy atom. The third kappa shape index (κ3) is 3.97. The maximum Gasteiger partial charge on any atom is 0.176 e. The summed E-state index contributed by atoms with van der Waals surface area (Å²) in [5, 5.41) is 0.486. The Bertz CT molecular complexity index is 483. The highest BCUT2D eigenvalue weighted by atomic mass is 35.5. The third-order valence-electron chi connectivity index (χ3n) is 3.48. The smallest absolute Gasteiger partial charge is 0.176 e. The van der Waals surface area contributed by atoms with Crippen LogP contribution in [0.2, 0.25) is 5.02 Å². The molecule has 1 saturated carbocycles. The van der Waals surface area contributed by atoms with Crippen molar-refractivity contribution in [2.45, 2.75) is 32.7 Å². The van der Waals surface area contributed by atoms with Crippen molar-refractivity contribution < 1.29 is 9.53 Å². The molecule has 0 unspecified atom stereocenters. The number of carbonyl (C=O) groups excluding carboxylic acids is 1. The van der Waals surface area contributed by atoms with Crippen molar-refractivity contribution in [2.24, 2.45) is 5.92 Å². The Morgan fingerprint density at radius 1 is 1.45 bits per heavy atom. The molecule has 1 aliphatic carbocycles. The molecule has 110 valence electrons. The zero-order valence-electron chi connectivity index (χ0n) is 12.4. The zero-order valence-corrected chi connectivity index (χ0v) is 13.1. The van der Waals surface area contributed by atoms with E-state index in [0.717, 1.165) is 6.54 Å². The molecule has 0 spiro atoms. The van der Waals surface area contributed by atoms with Gasteiger partial charge in [0.15, 0.2) is 5.78 Å². The molecule has 0 amide bonds. The van der Waals surface area contributed by atoms with Crippen molar-refractivity contribution in [1.29, 1.82) is 0 Å². The number of benzene rings is 1. The fraction of sp³-hybridized carbons (Fsp3) is 0.562. The van der Waals surface area contributed by atoms with Gasteiger partial charge < -0.3 is 4.74 Å². The molecular weight excluding hydrogens is 274 g/mol. The molecular formula is C16H22ClNO2. The highest BCUT2D eigenvalue weighted by Gasteiger charge is 2.30. The molecule has 20 heavy (non-hydrogen) atoms. The molecule has 0 heterocycles. The summed E-state index contributed by atoms with van der Waals surface area (Å²) in [6.07, 6.45) is 2.42. The molecule has 0 bridgehead atoms. The van der Waals surface area contributed by atoms with E-state index in [4.69, 9.17) is 16.3 Å². The van der Waals surface area contributed by atoms with Gasteiger partial charge in [-0.3, -0.25) is 9.69 Å². The van der Waals surface area contributed by atoms with Crippen LogP contribution in [0.3, 0.4) is 0 Å². The number of methoxy groups -OCH3 is 1. The second-order valence-corrected chi connectivity index (χ2v) is 6.23. The average molecular weight is 296 g/mol. The van der Waals surface area contributed by atoms with Crippen LogP contribution in [-0.2, 0) is 0 Å². The second-order valence-electron chi connectivity index (χ2n) is 5.83. The zero-order chi connectivity index (χ0) is 14.7. The monoisotopic (exact) mass is 295 g/mol. The lowest BCUT2D eigenvalue weighted by Gasteiger charge is -2.23. The molecule has 0 saturated heterocycles. The van der Waals surface area contributed by atoms with Crippen molar-refractivity contribution >= 4 is 17.4 Å². The van der Waals surface area contributed by atoms with E-state index in [1.54, 1.807) is 25.3 Å². The number of nitrogens with zero attached hydrogens (tertiary/aromatic N) is 1. The predicted octanol–water partition coefficient (Wildman–Crippen LogP) is 3.65. The number of hydrogen-bond donors (Lipinski definition) is 0. The van der Waals surface area contributed by atoms with Gasteiger partial charge in [0.1, 0.15) is 5.75 Å². The molecule has 0 atom stereocenters. The largest absolute Gasteiger partial charge is 0.495 e. The molecule has 1 aromatic carbocycles. The minimum absolute atomic E-state index is 0.127. The van der Waals surface area contributed by atoms with Crippen LogP contribution < -0.4 is 4.74 Å². The quantitative estimate of drug-likeness (QED) is 0.719. The second kappa shape index (κ2) is 6.59. The molecule has 0 aromatic heterocycles. The summed E-state index contributed by atoms with van der Waals surface area (Å²) in [5.41, 5.74) is 0.658. The molecule has 0 N–H and O–H groups in total. The molecule has 1 aliphatic rings. The lowest BCUT2D eigenvalue weighted by atomic mass is 10.1. The maximum atomic E-state index is 12.4. The van der Waals surface area contributed by atoms with Crippen LogP contribution in [0.1, 0.15) is 37.0 Å². The van der Waals surface area contributed by atoms with E-state index in [1.165, 1.54) is 12.8 Å². The van der Waals surface area contributed by atoms with E-state index in [9.17, 15) is 4.79 Å². The van der Waals surface area contributed by atoms with Gasteiger partial charge in [-0.25, -0.2) is 0 Å². The van der Waals surface area contributed by atoms with Gasteiger partial charge in [-0.1, -0.05) is 25.4 Å². The van der Waals surface area contributed by atoms with E-state index in [2.05, 4.69) is 18.7 Å². The first-order valence-corrected chi connectivity index (χ1v) is 7.50. The molecule has 1 fully saturated rings. The first-order valence-electron chi connectivity index (χ1n) is 7.12. The highest BCUT2D eigenvalue weighted by Crippen LogP contribution is 2.29. The van der Waals surface area contributed by atoms with E-state index in [-0.39, 0.29) is 5.78 Å². The summed E-state index contributed by atoms with van der Waals surface area (Å²) in [7, 11) is 1.57. The predicted molar refractivity (Wildman–Crippen MR) is 81.8 cm³/mol. The summed E-state index contributed by atoms with van der Waals surface area (Å²) in [6, 6.07) is 5.82. The number of carbonyl (C=O) groups is 1. The number of ketones is 1. The minimum Gasteiger partial charge on any atom is -0.495 e. The van der Waals surface area contributed by atoms with E-state index in [1.807, 2.05) is 0 Å². The van der Waals surface area contributed by atoms with Gasteiger partial charge in [0.05, 0.1) is 18.7 Å². The van der Waals surface area contributed by atoms with E-state index < -0.39 is 0 Å². The molecule has 0 radical (unpaired) electrons. The SMILES string of the molecule is COc1ccc(C(=O)CN(CC(C)C)C2CC2)cc1Cl. The standard InChI is InChI=1S/C16H22ClNO2/c1-11(2)9-18(13-5-6-13)10-15(19)12-4-7-16(20-3)14(17)8-12/h4,7-8,11,13H,5-6,9-10H2,1-3H3. The van der Waals surface area contributed by atoms with Crippen molar-refractivity contribution in [1.82, 2.24) is 4.90 Å². The van der Waals surface area contributed by atoms with Crippen LogP contribution in [0.15, 0.2) is 18.2 Å². The molecule has 4 heteroatoms. The van der Waals surface area contributed by atoms with Gasteiger partial charge >= 0.3 is 0 Å². The van der Waals surface area contributed by atoms with Gasteiger partial charge in [0, 0.05) is 18.2 Å². The average Bonchev–Trinajstić information content (AvgIpc) is 3.21. The Morgan fingerprint density at radius 3 is 2.65 bits per heavy atom.